The molecule has 30 rings (SSSR count). The zero-order valence-corrected chi connectivity index (χ0v) is 79.9. The number of nitrogens with zero attached hydrogens (tertiary/aromatic N) is 12. The van der Waals surface area contributed by atoms with Crippen molar-refractivity contribution in [1.82, 2.24) is 43.6 Å². The molecule has 0 spiro atoms. The van der Waals surface area contributed by atoms with Crippen molar-refractivity contribution in [3.63, 3.8) is 0 Å². The lowest BCUT2D eigenvalue weighted by Crippen LogP contribution is -2.10. The maximum absolute atomic E-state index is 6.48. The van der Waals surface area contributed by atoms with Crippen LogP contribution >= 0.6 is 11.3 Å². The molecule has 0 aliphatic heterocycles. The Hall–Kier alpha value is -19.7. The van der Waals surface area contributed by atoms with Gasteiger partial charge in [0.1, 0.15) is 34.2 Å². The smallest absolute Gasteiger partial charge is 0.161 e. The zero-order valence-electron chi connectivity index (χ0n) is 79.1. The van der Waals surface area contributed by atoms with Gasteiger partial charge >= 0.3 is 0 Å². The number of anilines is 9. The second-order valence-electron chi connectivity index (χ2n) is 36.9. The molecular weight excluding hydrogens is 1820 g/mol. The summed E-state index contributed by atoms with van der Waals surface area (Å²) in [4.78, 5) is 35.3. The number of furan rings is 2. The highest BCUT2D eigenvalue weighted by molar-refractivity contribution is 7.25. The fourth-order valence-electron chi connectivity index (χ4n) is 21.5. The van der Waals surface area contributed by atoms with E-state index in [1.54, 1.807) is 18.6 Å². The molecule has 0 saturated heterocycles. The lowest BCUT2D eigenvalue weighted by molar-refractivity contribution is 0.668. The van der Waals surface area contributed by atoms with Gasteiger partial charge in [-0.2, -0.15) is 0 Å². The Morgan fingerprint density at radius 3 is 0.973 bits per heavy atom. The Bertz CT molecular complexity index is 9960. The summed E-state index contributed by atoms with van der Waals surface area (Å²) in [5.74, 6) is 2.58. The molecule has 0 aliphatic carbocycles. The van der Waals surface area contributed by atoms with Gasteiger partial charge in [0.05, 0.1) is 38.8 Å². The Morgan fingerprint density at radius 1 is 0.190 bits per heavy atom. The van der Waals surface area contributed by atoms with Gasteiger partial charge in [-0.15, -0.1) is 11.3 Å². The number of fused-ring (bicyclic) bond motifs is 21. The molecule has 15 heteroatoms. The van der Waals surface area contributed by atoms with Gasteiger partial charge in [-0.25, -0.2) is 29.9 Å². The van der Waals surface area contributed by atoms with Gasteiger partial charge in [-0.1, -0.05) is 231 Å². The van der Waals surface area contributed by atoms with Crippen molar-refractivity contribution in [2.45, 2.75) is 0 Å². The molecule has 12 heterocycles. The molecule has 0 bridgehead atoms. The molecule has 14 nitrogen and oxygen atoms in total. The Balaban J connectivity index is 0.000000107. The van der Waals surface area contributed by atoms with Crippen LogP contribution in [-0.2, 0) is 0 Å². The fourth-order valence-corrected chi connectivity index (χ4v) is 22.6. The van der Waals surface area contributed by atoms with E-state index in [1.165, 1.54) is 63.6 Å². The van der Waals surface area contributed by atoms with Crippen LogP contribution in [0.25, 0.3) is 213 Å². The lowest BCUT2D eigenvalue weighted by atomic mass is 10.0. The minimum atomic E-state index is 0.740. The van der Waals surface area contributed by atoms with Crippen LogP contribution in [0.2, 0.25) is 0 Å². The van der Waals surface area contributed by atoms with E-state index in [2.05, 4.69) is 468 Å². The van der Waals surface area contributed by atoms with Gasteiger partial charge < -0.3 is 23.5 Å². The summed E-state index contributed by atoms with van der Waals surface area (Å²) in [5, 5.41) is 17.3. The van der Waals surface area contributed by atoms with Gasteiger partial charge in [0.25, 0.3) is 0 Å². The maximum Gasteiger partial charge on any atom is 0.161 e. The summed E-state index contributed by atoms with van der Waals surface area (Å²) in [6, 6.07) is 173. The highest BCUT2D eigenvalue weighted by Crippen LogP contribution is 2.49. The first-order valence-corrected chi connectivity index (χ1v) is 50.0. The topological polar surface area (TPSA) is 128 Å². The minimum absolute atomic E-state index is 0.740. The van der Waals surface area contributed by atoms with E-state index >= 15 is 0 Å². The summed E-state index contributed by atoms with van der Waals surface area (Å²) >= 11 is 1.85. The third-order valence-electron chi connectivity index (χ3n) is 28.3. The first-order valence-electron chi connectivity index (χ1n) is 49.2. The summed E-state index contributed by atoms with van der Waals surface area (Å²) in [5.41, 5.74) is 29.2. The second-order valence-corrected chi connectivity index (χ2v) is 38.0. The molecule has 0 saturated carbocycles. The van der Waals surface area contributed by atoms with Crippen LogP contribution in [0.15, 0.2) is 519 Å². The van der Waals surface area contributed by atoms with E-state index in [9.17, 15) is 0 Å². The van der Waals surface area contributed by atoms with E-state index in [0.29, 0.717) is 0 Å². The summed E-state index contributed by atoms with van der Waals surface area (Å²) in [7, 11) is 0. The van der Waals surface area contributed by atoms with Gasteiger partial charge in [0.15, 0.2) is 22.5 Å². The van der Waals surface area contributed by atoms with Crippen LogP contribution in [0.3, 0.4) is 0 Å². The largest absolute Gasteiger partial charge is 0.456 e. The third kappa shape index (κ3) is 15.1. The standard InChI is InChI=1S/2C44H28N4O.C44H28N4S/c1-2-11-32(12-3-1)47(40-17-8-15-36-35-14-5-7-18-41(35)49-43(36)40)33-23-19-29(20-24-33)31-21-25-39-37(28-31)34-13-4-6-16-38(34)48(39)42-26-22-30-10-9-27-45-44(30)46-42;2*1-2-10-32(11-3-1)47(34-22-24-42-38(28-34)36-13-5-7-15-41(36)49-42)33-20-16-29(17-21-33)31-18-23-40-37(27-31)35-12-4-6-14-39(35)48(40)43-25-19-30-9-8-26-45-44(30)46-43/h3*1-28H. The number of hydrogen-bond acceptors (Lipinski definition) is 12. The normalized spacial score (nSPS) is 11.7. The highest BCUT2D eigenvalue weighted by Gasteiger charge is 2.26. The quantitative estimate of drug-likeness (QED) is 0.0973. The van der Waals surface area contributed by atoms with Crippen LogP contribution < -0.4 is 14.7 Å². The van der Waals surface area contributed by atoms with Crippen LogP contribution in [-0.4, -0.2) is 43.6 Å². The molecule has 18 aromatic carbocycles. The Labute approximate surface area is 847 Å². The number of para-hydroxylation sites is 9. The van der Waals surface area contributed by atoms with Crippen molar-refractivity contribution in [3.05, 3.63) is 510 Å². The predicted octanol–water partition coefficient (Wildman–Crippen LogP) is 35.8. The summed E-state index contributed by atoms with van der Waals surface area (Å²) < 4.78 is 22.0. The monoisotopic (exact) mass is 1900 g/mol. The highest BCUT2D eigenvalue weighted by atomic mass is 32.1. The van der Waals surface area contributed by atoms with E-state index in [0.717, 1.165) is 201 Å². The molecule has 147 heavy (non-hydrogen) atoms. The maximum atomic E-state index is 6.48. The van der Waals surface area contributed by atoms with Crippen molar-refractivity contribution < 1.29 is 8.83 Å². The summed E-state index contributed by atoms with van der Waals surface area (Å²) in [6.45, 7) is 0. The average Bonchev–Trinajstić information content (AvgIpc) is 1.59. The summed E-state index contributed by atoms with van der Waals surface area (Å²) in [6.07, 6.45) is 5.38. The number of hydrogen-bond donors (Lipinski definition) is 0. The molecule has 0 atom stereocenters. The van der Waals surface area contributed by atoms with E-state index in [1.807, 2.05) is 78.1 Å². The van der Waals surface area contributed by atoms with Crippen molar-refractivity contribution in [3.8, 4) is 50.8 Å². The van der Waals surface area contributed by atoms with Crippen molar-refractivity contribution in [2.24, 2.45) is 0 Å². The molecule has 0 unspecified atom stereocenters. The molecule has 30 aromatic rings. The number of aromatic nitrogens is 9. The molecule has 0 fully saturated rings. The molecule has 0 radical (unpaired) electrons. The number of rotatable bonds is 15. The van der Waals surface area contributed by atoms with Gasteiger partial charge in [-0.05, 0) is 294 Å². The van der Waals surface area contributed by atoms with Crippen molar-refractivity contribution in [1.29, 1.82) is 0 Å². The molecule has 0 amide bonds. The number of thiophene rings is 1. The average molecular weight is 1900 g/mol. The lowest BCUT2D eigenvalue weighted by Gasteiger charge is -2.26. The zero-order chi connectivity index (χ0) is 96.9. The van der Waals surface area contributed by atoms with Gasteiger partial charge in [-0.3, -0.25) is 13.7 Å². The van der Waals surface area contributed by atoms with E-state index in [-0.39, 0.29) is 0 Å². The third-order valence-corrected chi connectivity index (χ3v) is 29.5. The van der Waals surface area contributed by atoms with E-state index in [4.69, 9.17) is 23.8 Å². The second kappa shape index (κ2) is 35.8. The van der Waals surface area contributed by atoms with Crippen LogP contribution in [0, 0.1) is 0 Å². The van der Waals surface area contributed by atoms with Crippen molar-refractivity contribution in [2.75, 3.05) is 14.7 Å². The molecule has 12 aromatic heterocycles. The molecule has 0 aliphatic rings. The minimum Gasteiger partial charge on any atom is -0.456 e. The molecule has 0 N–H and O–H groups in total. The van der Waals surface area contributed by atoms with Crippen molar-refractivity contribution >= 4 is 225 Å². The van der Waals surface area contributed by atoms with Gasteiger partial charge in [0.2, 0.25) is 0 Å². The van der Waals surface area contributed by atoms with E-state index < -0.39 is 0 Å². The Kier molecular flexibility index (Phi) is 20.8. The Morgan fingerprint density at radius 2 is 0.517 bits per heavy atom. The predicted molar refractivity (Wildman–Crippen MR) is 609 cm³/mol. The fraction of sp³-hybridized carbons (Fsp3) is 0. The molecular formula is C132H84N12O2S. The SMILES string of the molecule is c1ccc(N(c2ccc(-c3ccc4c(c3)c3ccccc3n4-c3ccc4cccnc4n3)cc2)c2ccc3oc4ccccc4c3c2)cc1.c1ccc(N(c2ccc(-c3ccc4c(c3)c3ccccc3n4-c3ccc4cccnc4n3)cc2)c2ccc3sc4ccccc4c3c2)cc1.c1ccc(N(c2ccc(-c3ccc4c(c3)c3ccccc3n4-c3ccc4cccnc4n3)cc2)c2cccc3c2oc2ccccc23)cc1. The number of pyridine rings is 6. The van der Waals surface area contributed by atoms with Gasteiger partial charge in [0, 0.05) is 154 Å². The molecule has 690 valence electrons. The first-order chi connectivity index (χ1) is 72.9. The van der Waals surface area contributed by atoms with Crippen LogP contribution in [0.4, 0.5) is 51.2 Å². The number of benzene rings is 18. The van der Waals surface area contributed by atoms with Crippen LogP contribution in [0.5, 0.6) is 0 Å². The first kappa shape index (κ1) is 85.3. The van der Waals surface area contributed by atoms with Crippen LogP contribution in [0.1, 0.15) is 0 Å².